The van der Waals surface area contributed by atoms with Crippen molar-refractivity contribution in [2.24, 2.45) is 0 Å². The Morgan fingerprint density at radius 2 is 1.41 bits per heavy atom. The van der Waals surface area contributed by atoms with Gasteiger partial charge in [-0.3, -0.25) is 4.79 Å². The Balaban J connectivity index is 2.20. The van der Waals surface area contributed by atoms with Crippen LogP contribution in [-0.4, -0.2) is 0 Å². The molecular weight excluding hydrogens is 272 g/mol. The van der Waals surface area contributed by atoms with Gasteiger partial charge in [-0.2, -0.15) is 0 Å². The third-order valence-electron chi connectivity index (χ3n) is 4.01. The molecule has 22 heavy (non-hydrogen) atoms. The SMILES string of the molecule is Cc1cccc2c(=O)c3cccc(-c4ccccc4)c3oc12. The average Bonchev–Trinajstić information content (AvgIpc) is 2.56. The summed E-state index contributed by atoms with van der Waals surface area (Å²) in [4.78, 5) is 12.8. The Bertz CT molecular complexity index is 1040. The Kier molecular flexibility index (Phi) is 2.83. The van der Waals surface area contributed by atoms with Crippen LogP contribution in [0, 0.1) is 6.92 Å². The summed E-state index contributed by atoms with van der Waals surface area (Å²) in [7, 11) is 0. The van der Waals surface area contributed by atoms with Crippen LogP contribution >= 0.6 is 0 Å². The Hall–Kier alpha value is -2.87. The van der Waals surface area contributed by atoms with Crippen LogP contribution in [0.1, 0.15) is 5.56 Å². The van der Waals surface area contributed by atoms with Gasteiger partial charge in [0.1, 0.15) is 11.2 Å². The fraction of sp³-hybridized carbons (Fsp3) is 0.0500. The van der Waals surface area contributed by atoms with Crippen LogP contribution in [0.5, 0.6) is 0 Å². The molecule has 0 radical (unpaired) electrons. The first-order chi connectivity index (χ1) is 10.8. The molecule has 4 aromatic rings. The smallest absolute Gasteiger partial charge is 0.200 e. The predicted molar refractivity (Wildman–Crippen MR) is 90.2 cm³/mol. The molecule has 0 unspecified atom stereocenters. The lowest BCUT2D eigenvalue weighted by molar-refractivity contribution is 0.658. The highest BCUT2D eigenvalue weighted by Crippen LogP contribution is 2.30. The normalized spacial score (nSPS) is 11.1. The van der Waals surface area contributed by atoms with E-state index in [4.69, 9.17) is 4.42 Å². The van der Waals surface area contributed by atoms with E-state index in [-0.39, 0.29) is 5.43 Å². The molecule has 0 aliphatic heterocycles. The summed E-state index contributed by atoms with van der Waals surface area (Å²) < 4.78 is 6.14. The third kappa shape index (κ3) is 1.85. The minimum Gasteiger partial charge on any atom is -0.455 e. The van der Waals surface area contributed by atoms with Gasteiger partial charge in [0.25, 0.3) is 0 Å². The molecule has 0 N–H and O–H groups in total. The number of hydrogen-bond acceptors (Lipinski definition) is 2. The first-order valence-electron chi connectivity index (χ1n) is 7.26. The van der Waals surface area contributed by atoms with E-state index in [9.17, 15) is 4.79 Å². The first kappa shape index (κ1) is 12.8. The monoisotopic (exact) mass is 286 g/mol. The van der Waals surface area contributed by atoms with Crippen molar-refractivity contribution >= 4 is 21.9 Å². The molecule has 2 nitrogen and oxygen atoms in total. The van der Waals surface area contributed by atoms with E-state index in [1.54, 1.807) is 0 Å². The second-order valence-corrected chi connectivity index (χ2v) is 5.43. The average molecular weight is 286 g/mol. The van der Waals surface area contributed by atoms with Gasteiger partial charge in [-0.15, -0.1) is 0 Å². The molecule has 0 aliphatic rings. The highest BCUT2D eigenvalue weighted by Gasteiger charge is 2.12. The zero-order valence-corrected chi connectivity index (χ0v) is 12.2. The van der Waals surface area contributed by atoms with Gasteiger partial charge in [0, 0.05) is 5.56 Å². The molecule has 0 amide bonds. The summed E-state index contributed by atoms with van der Waals surface area (Å²) >= 11 is 0. The summed E-state index contributed by atoms with van der Waals surface area (Å²) in [5, 5.41) is 1.26. The van der Waals surface area contributed by atoms with E-state index in [2.05, 4.69) is 0 Å². The second-order valence-electron chi connectivity index (χ2n) is 5.43. The molecule has 0 saturated heterocycles. The van der Waals surface area contributed by atoms with Crippen LogP contribution in [-0.2, 0) is 0 Å². The lowest BCUT2D eigenvalue weighted by Gasteiger charge is -2.08. The summed E-state index contributed by atoms with van der Waals surface area (Å²) in [6.45, 7) is 1.96. The van der Waals surface area contributed by atoms with Gasteiger partial charge < -0.3 is 4.42 Å². The van der Waals surface area contributed by atoms with Gasteiger partial charge in [0.05, 0.1) is 10.8 Å². The standard InChI is InChI=1S/C20H14O2/c1-13-7-5-11-16-18(21)17-12-6-10-15(20(17)22-19(13)16)14-8-3-2-4-9-14/h2-12H,1H3. The molecular formula is C20H14O2. The molecule has 0 bridgehead atoms. The van der Waals surface area contributed by atoms with Crippen LogP contribution in [0.4, 0.5) is 0 Å². The third-order valence-corrected chi connectivity index (χ3v) is 4.01. The van der Waals surface area contributed by atoms with E-state index >= 15 is 0 Å². The molecule has 0 saturated carbocycles. The zero-order valence-electron chi connectivity index (χ0n) is 12.2. The maximum absolute atomic E-state index is 12.8. The minimum absolute atomic E-state index is 0.0257. The fourth-order valence-electron chi connectivity index (χ4n) is 2.88. The van der Waals surface area contributed by atoms with Crippen molar-refractivity contribution in [3.63, 3.8) is 0 Å². The van der Waals surface area contributed by atoms with Crippen LogP contribution in [0.2, 0.25) is 0 Å². The highest BCUT2D eigenvalue weighted by atomic mass is 16.3. The predicted octanol–water partition coefficient (Wildman–Crippen LogP) is 4.92. The van der Waals surface area contributed by atoms with E-state index in [1.165, 1.54) is 0 Å². The van der Waals surface area contributed by atoms with Crippen molar-refractivity contribution in [1.82, 2.24) is 0 Å². The van der Waals surface area contributed by atoms with Gasteiger partial charge in [-0.05, 0) is 30.2 Å². The molecule has 106 valence electrons. The number of fused-ring (bicyclic) bond motifs is 2. The minimum atomic E-state index is 0.0257. The topological polar surface area (TPSA) is 30.2 Å². The summed E-state index contributed by atoms with van der Waals surface area (Å²) in [6.07, 6.45) is 0. The molecule has 1 aromatic heterocycles. The van der Waals surface area contributed by atoms with Gasteiger partial charge in [0.2, 0.25) is 5.43 Å². The number of benzene rings is 3. The second kappa shape index (κ2) is 4.85. The van der Waals surface area contributed by atoms with Crippen molar-refractivity contribution in [3.05, 3.63) is 82.5 Å². The molecule has 1 heterocycles. The number of hydrogen-bond donors (Lipinski definition) is 0. The van der Waals surface area contributed by atoms with Crippen molar-refractivity contribution < 1.29 is 4.42 Å². The van der Waals surface area contributed by atoms with Crippen LogP contribution < -0.4 is 5.43 Å². The Morgan fingerprint density at radius 1 is 0.727 bits per heavy atom. The van der Waals surface area contributed by atoms with E-state index in [0.29, 0.717) is 21.9 Å². The lowest BCUT2D eigenvalue weighted by atomic mass is 10.0. The Labute approximate surface area is 127 Å². The maximum Gasteiger partial charge on any atom is 0.200 e. The number of para-hydroxylation sites is 2. The Morgan fingerprint density at radius 3 is 2.18 bits per heavy atom. The van der Waals surface area contributed by atoms with Crippen LogP contribution in [0.25, 0.3) is 33.1 Å². The molecule has 0 atom stereocenters. The van der Waals surface area contributed by atoms with Gasteiger partial charge >= 0.3 is 0 Å². The lowest BCUT2D eigenvalue weighted by Crippen LogP contribution is -2.03. The van der Waals surface area contributed by atoms with Crippen LogP contribution in [0.3, 0.4) is 0 Å². The summed E-state index contributed by atoms with van der Waals surface area (Å²) in [6, 6.07) is 21.4. The molecule has 0 fully saturated rings. The first-order valence-corrected chi connectivity index (χ1v) is 7.26. The fourth-order valence-corrected chi connectivity index (χ4v) is 2.88. The van der Waals surface area contributed by atoms with E-state index < -0.39 is 0 Å². The van der Waals surface area contributed by atoms with Gasteiger partial charge in [-0.25, -0.2) is 0 Å². The summed E-state index contributed by atoms with van der Waals surface area (Å²) in [5.41, 5.74) is 4.31. The van der Waals surface area contributed by atoms with Crippen molar-refractivity contribution in [2.45, 2.75) is 6.92 Å². The molecule has 2 heteroatoms. The van der Waals surface area contributed by atoms with Gasteiger partial charge in [-0.1, -0.05) is 54.6 Å². The summed E-state index contributed by atoms with van der Waals surface area (Å²) in [5.74, 6) is 0. The van der Waals surface area contributed by atoms with Crippen molar-refractivity contribution in [3.8, 4) is 11.1 Å². The highest BCUT2D eigenvalue weighted by molar-refractivity contribution is 5.98. The maximum atomic E-state index is 12.8. The molecule has 0 aliphatic carbocycles. The van der Waals surface area contributed by atoms with Crippen molar-refractivity contribution in [1.29, 1.82) is 0 Å². The number of rotatable bonds is 1. The molecule has 0 spiro atoms. The quantitative estimate of drug-likeness (QED) is 0.465. The molecule has 3 aromatic carbocycles. The van der Waals surface area contributed by atoms with Gasteiger partial charge in [0.15, 0.2) is 0 Å². The number of aryl methyl sites for hydroxylation is 1. The zero-order chi connectivity index (χ0) is 15.1. The van der Waals surface area contributed by atoms with Crippen LogP contribution in [0.15, 0.2) is 75.9 Å². The van der Waals surface area contributed by atoms with E-state index in [1.807, 2.05) is 73.7 Å². The molecule has 4 rings (SSSR count). The van der Waals surface area contributed by atoms with E-state index in [0.717, 1.165) is 16.7 Å². The van der Waals surface area contributed by atoms with Crippen molar-refractivity contribution in [2.75, 3.05) is 0 Å². The largest absolute Gasteiger partial charge is 0.455 e.